The van der Waals surface area contributed by atoms with Crippen molar-refractivity contribution in [1.29, 1.82) is 0 Å². The maximum Gasteiger partial charge on any atom is 0.341 e. The van der Waals surface area contributed by atoms with E-state index in [2.05, 4.69) is 15.1 Å². The van der Waals surface area contributed by atoms with Gasteiger partial charge >= 0.3 is 5.97 Å². The van der Waals surface area contributed by atoms with Crippen LogP contribution in [0.15, 0.2) is 71.8 Å². The second kappa shape index (κ2) is 11.7. The summed E-state index contributed by atoms with van der Waals surface area (Å²) in [6, 6.07) is 21.3. The number of hydrazone groups is 1. The van der Waals surface area contributed by atoms with Crippen LogP contribution in [0.2, 0.25) is 0 Å². The fraction of sp³-hybridized carbons (Fsp3) is 0.235. The number of rotatable bonds is 7. The van der Waals surface area contributed by atoms with E-state index < -0.39 is 0 Å². The largest absolute Gasteiger partial charge is 0.462 e. The Morgan fingerprint density at radius 3 is 2.62 bits per heavy atom. The van der Waals surface area contributed by atoms with E-state index in [4.69, 9.17) is 9.72 Å². The van der Waals surface area contributed by atoms with Gasteiger partial charge in [0.25, 0.3) is 5.91 Å². The fourth-order valence-electron chi connectivity index (χ4n) is 5.69. The van der Waals surface area contributed by atoms with E-state index in [1.807, 2.05) is 87.5 Å². The number of nitrogens with zero attached hydrogens (tertiary/aromatic N) is 3. The van der Waals surface area contributed by atoms with Crippen LogP contribution < -0.4 is 5.43 Å². The van der Waals surface area contributed by atoms with Gasteiger partial charge in [0, 0.05) is 32.8 Å². The van der Waals surface area contributed by atoms with Crippen molar-refractivity contribution in [2.45, 2.75) is 46.5 Å². The van der Waals surface area contributed by atoms with Gasteiger partial charge in [0.2, 0.25) is 0 Å². The van der Waals surface area contributed by atoms with E-state index in [1.54, 1.807) is 17.6 Å². The quantitative estimate of drug-likeness (QED) is 0.126. The predicted octanol–water partition coefficient (Wildman–Crippen LogP) is 7.19. The Labute approximate surface area is 248 Å². The molecule has 0 aliphatic heterocycles. The number of amides is 1. The summed E-state index contributed by atoms with van der Waals surface area (Å²) in [5, 5.41) is 6.00. The van der Waals surface area contributed by atoms with Crippen molar-refractivity contribution in [3.8, 4) is 16.3 Å². The highest BCUT2D eigenvalue weighted by molar-refractivity contribution is 7.15. The monoisotopic (exact) mass is 576 g/mol. The third kappa shape index (κ3) is 5.14. The van der Waals surface area contributed by atoms with Crippen LogP contribution >= 0.6 is 11.3 Å². The van der Waals surface area contributed by atoms with Crippen molar-refractivity contribution in [2.24, 2.45) is 5.10 Å². The number of fused-ring (bicyclic) bond motifs is 2. The first-order valence-electron chi connectivity index (χ1n) is 14.3. The minimum absolute atomic E-state index is 0.263. The molecule has 1 N–H and O–H groups in total. The number of para-hydroxylation sites is 1. The number of aryl methyl sites for hydroxylation is 2. The molecular formula is C34H32N4O3S. The zero-order valence-electron chi connectivity index (χ0n) is 23.9. The molecule has 0 atom stereocenters. The number of aromatic nitrogens is 2. The molecule has 0 unspecified atom stereocenters. The van der Waals surface area contributed by atoms with Gasteiger partial charge in [-0.05, 0) is 70.2 Å². The molecule has 6 rings (SSSR count). The molecule has 5 aromatic rings. The van der Waals surface area contributed by atoms with Gasteiger partial charge in [0.1, 0.15) is 5.00 Å². The number of carbonyl (C=O) groups is 2. The van der Waals surface area contributed by atoms with Gasteiger partial charge in [-0.25, -0.2) is 15.2 Å². The van der Waals surface area contributed by atoms with Crippen LogP contribution in [0.1, 0.15) is 67.9 Å². The number of esters is 1. The molecule has 0 radical (unpaired) electrons. The van der Waals surface area contributed by atoms with E-state index in [0.29, 0.717) is 17.7 Å². The van der Waals surface area contributed by atoms with Crippen molar-refractivity contribution in [3.05, 3.63) is 105 Å². The van der Waals surface area contributed by atoms with Crippen molar-refractivity contribution < 1.29 is 14.3 Å². The zero-order valence-corrected chi connectivity index (χ0v) is 24.8. The number of pyridine rings is 1. The van der Waals surface area contributed by atoms with Crippen LogP contribution in [-0.4, -0.2) is 34.2 Å². The molecule has 7 nitrogen and oxygen atoms in total. The predicted molar refractivity (Wildman–Crippen MR) is 168 cm³/mol. The Kier molecular flexibility index (Phi) is 7.71. The van der Waals surface area contributed by atoms with Crippen molar-refractivity contribution >= 4 is 40.3 Å². The highest BCUT2D eigenvalue weighted by Gasteiger charge is 2.28. The fourth-order valence-corrected chi connectivity index (χ4v) is 7.18. The minimum atomic E-state index is -0.314. The summed E-state index contributed by atoms with van der Waals surface area (Å²) in [7, 11) is 0. The van der Waals surface area contributed by atoms with Crippen LogP contribution in [0.5, 0.6) is 0 Å². The highest BCUT2D eigenvalue weighted by atomic mass is 32.1. The maximum atomic E-state index is 13.4. The smallest absolute Gasteiger partial charge is 0.341 e. The van der Waals surface area contributed by atoms with Crippen LogP contribution in [0, 0.1) is 13.8 Å². The Morgan fingerprint density at radius 1 is 1.05 bits per heavy atom. The number of ether oxygens (including phenoxy) is 1. The van der Waals surface area contributed by atoms with Crippen LogP contribution in [0.3, 0.4) is 0 Å². The van der Waals surface area contributed by atoms with E-state index in [-0.39, 0.29) is 11.9 Å². The number of carbonyl (C=O) groups excluding carboxylic acids is 2. The van der Waals surface area contributed by atoms with Crippen LogP contribution in [-0.2, 0) is 17.6 Å². The average Bonchev–Trinajstić information content (AvgIpc) is 3.52. The summed E-state index contributed by atoms with van der Waals surface area (Å²) < 4.78 is 7.59. The normalized spacial score (nSPS) is 12.9. The molecule has 0 spiro atoms. The Hall–Kier alpha value is -4.56. The van der Waals surface area contributed by atoms with Crippen molar-refractivity contribution in [3.63, 3.8) is 0 Å². The van der Waals surface area contributed by atoms with Gasteiger partial charge in [0.15, 0.2) is 0 Å². The second-order valence-electron chi connectivity index (χ2n) is 10.4. The molecule has 212 valence electrons. The number of thiophene rings is 1. The molecule has 3 heterocycles. The Morgan fingerprint density at radius 2 is 1.81 bits per heavy atom. The van der Waals surface area contributed by atoms with Gasteiger partial charge in [-0.15, -0.1) is 11.3 Å². The maximum absolute atomic E-state index is 13.4. The lowest BCUT2D eigenvalue weighted by molar-refractivity contribution is 0.0525. The molecule has 1 amide bonds. The molecule has 3 aromatic heterocycles. The Bertz CT molecular complexity index is 1830. The summed E-state index contributed by atoms with van der Waals surface area (Å²) in [6.07, 6.45) is 5.76. The summed E-state index contributed by atoms with van der Waals surface area (Å²) in [4.78, 5) is 32.5. The Balaban J connectivity index is 1.31. The summed E-state index contributed by atoms with van der Waals surface area (Å²) >= 11 is 1.68. The summed E-state index contributed by atoms with van der Waals surface area (Å²) in [6.45, 7) is 6.20. The number of hydrogen-bond acceptors (Lipinski definition) is 6. The van der Waals surface area contributed by atoms with Gasteiger partial charge in [-0.3, -0.25) is 4.79 Å². The SMILES string of the molecule is CCOC(=O)c1c(-n2c(C)cc(/C=N/NC(=O)c3cc(-c4ccccc4)nc4ccccc34)c2C)sc2c1CCCC2. The van der Waals surface area contributed by atoms with E-state index >= 15 is 0 Å². The topological polar surface area (TPSA) is 85.6 Å². The van der Waals surface area contributed by atoms with E-state index in [0.717, 1.165) is 75.4 Å². The number of hydrogen-bond donors (Lipinski definition) is 1. The van der Waals surface area contributed by atoms with Gasteiger partial charge in [0.05, 0.1) is 35.2 Å². The van der Waals surface area contributed by atoms with Gasteiger partial charge in [-0.2, -0.15) is 5.10 Å². The minimum Gasteiger partial charge on any atom is -0.462 e. The lowest BCUT2D eigenvalue weighted by Gasteiger charge is -2.13. The average molecular weight is 577 g/mol. The van der Waals surface area contributed by atoms with Crippen molar-refractivity contribution in [2.75, 3.05) is 6.61 Å². The molecule has 1 aliphatic rings. The van der Waals surface area contributed by atoms with E-state index in [9.17, 15) is 9.59 Å². The third-order valence-electron chi connectivity index (χ3n) is 7.71. The lowest BCUT2D eigenvalue weighted by atomic mass is 9.95. The first kappa shape index (κ1) is 27.6. The molecule has 8 heteroatoms. The first-order chi connectivity index (χ1) is 20.5. The first-order valence-corrected chi connectivity index (χ1v) is 15.1. The number of nitrogens with one attached hydrogen (secondary N) is 1. The summed E-state index contributed by atoms with van der Waals surface area (Å²) in [5.41, 5.74) is 10.2. The molecule has 0 fully saturated rings. The molecule has 0 bridgehead atoms. The van der Waals surface area contributed by atoms with Crippen molar-refractivity contribution in [1.82, 2.24) is 15.0 Å². The number of benzene rings is 2. The molecule has 1 aliphatic carbocycles. The molecule has 2 aromatic carbocycles. The van der Waals surface area contributed by atoms with Gasteiger partial charge < -0.3 is 9.30 Å². The standard InChI is InChI=1S/C34H32N4O3S/c1-4-41-34(40)31-26-15-9-11-17-30(26)42-33(31)38-21(2)18-24(22(38)3)20-35-37-32(39)27-19-29(23-12-6-5-7-13-23)36-28-16-10-8-14-25(27)28/h5-8,10,12-14,16,18-20H,4,9,11,15,17H2,1-3H3,(H,37,39)/b35-20+. The van der Waals surface area contributed by atoms with Crippen LogP contribution in [0.25, 0.3) is 27.2 Å². The lowest BCUT2D eigenvalue weighted by Crippen LogP contribution is -2.18. The third-order valence-corrected chi connectivity index (χ3v) is 8.98. The van der Waals surface area contributed by atoms with Crippen LogP contribution in [0.4, 0.5) is 0 Å². The zero-order chi connectivity index (χ0) is 29.2. The molecular weight excluding hydrogens is 544 g/mol. The molecule has 0 saturated carbocycles. The van der Waals surface area contributed by atoms with E-state index in [1.165, 1.54) is 4.88 Å². The molecule has 42 heavy (non-hydrogen) atoms. The second-order valence-corrected chi connectivity index (χ2v) is 11.5. The van der Waals surface area contributed by atoms with Gasteiger partial charge in [-0.1, -0.05) is 48.5 Å². The summed E-state index contributed by atoms with van der Waals surface area (Å²) in [5.74, 6) is -0.576. The highest BCUT2D eigenvalue weighted by Crippen LogP contribution is 2.39. The molecule has 0 saturated heterocycles.